The molecule has 0 radical (unpaired) electrons. The maximum atomic E-state index is 11.6. The van der Waals surface area contributed by atoms with Crippen LogP contribution in [0.15, 0.2) is 28.0 Å². The quantitative estimate of drug-likeness (QED) is 0.579. The molecule has 0 aliphatic rings. The summed E-state index contributed by atoms with van der Waals surface area (Å²) in [6.45, 7) is 0. The molecule has 1 rings (SSSR count). The van der Waals surface area contributed by atoms with Crippen LogP contribution < -0.4 is 0 Å². The first-order chi connectivity index (χ1) is 6.18. The van der Waals surface area contributed by atoms with Gasteiger partial charge < -0.3 is 4.42 Å². The van der Waals surface area contributed by atoms with Gasteiger partial charge in [0, 0.05) is 5.75 Å². The Kier molecular flexibility index (Phi) is 4.24. The molecule has 0 saturated heterocycles. The molecule has 6 heteroatoms. The second kappa shape index (κ2) is 5.24. The van der Waals surface area contributed by atoms with Crippen LogP contribution in [0.1, 0.15) is 6.42 Å². The Balaban J connectivity index is 2.24. The maximum absolute atomic E-state index is 11.6. The number of nitrogens with zero attached hydrogens (tertiary/aromatic N) is 1. The molecular weight excluding hydrogens is 220 g/mol. The molecule has 1 aromatic heterocycles. The highest BCUT2D eigenvalue weighted by molar-refractivity contribution is 7.99. The van der Waals surface area contributed by atoms with Crippen molar-refractivity contribution in [3.63, 3.8) is 0 Å². The Morgan fingerprint density at radius 2 is 2.46 bits per heavy atom. The van der Waals surface area contributed by atoms with Crippen LogP contribution in [0.4, 0.5) is 8.78 Å². The van der Waals surface area contributed by atoms with Crippen LogP contribution in [0.3, 0.4) is 0 Å². The smallest absolute Gasteiger partial charge is 0.266 e. The van der Waals surface area contributed by atoms with Crippen molar-refractivity contribution < 1.29 is 13.2 Å². The van der Waals surface area contributed by atoms with Gasteiger partial charge in [-0.3, -0.25) is 0 Å². The van der Waals surface area contributed by atoms with Crippen LogP contribution in [0.25, 0.3) is 0 Å². The largest absolute Gasteiger partial charge is 0.420 e. The molecule has 0 bridgehead atoms. The number of hydrogen-bond acceptors (Lipinski definition) is 3. The van der Waals surface area contributed by atoms with Crippen LogP contribution >= 0.6 is 23.4 Å². The normalized spacial score (nSPS) is 10.1. The molecule has 13 heavy (non-hydrogen) atoms. The van der Waals surface area contributed by atoms with Gasteiger partial charge in [0.1, 0.15) is 0 Å². The van der Waals surface area contributed by atoms with E-state index in [1.54, 1.807) is 0 Å². The van der Waals surface area contributed by atoms with E-state index >= 15 is 0 Å². The van der Waals surface area contributed by atoms with Crippen LogP contribution in [0.2, 0.25) is 5.22 Å². The monoisotopic (exact) mass is 225 g/mol. The van der Waals surface area contributed by atoms with Crippen molar-refractivity contribution in [3.8, 4) is 0 Å². The predicted molar refractivity (Wildman–Crippen MR) is 47.2 cm³/mol. The lowest BCUT2D eigenvalue weighted by Gasteiger charge is -1.90. The van der Waals surface area contributed by atoms with Crippen molar-refractivity contribution in [2.45, 2.75) is 11.6 Å². The summed E-state index contributed by atoms with van der Waals surface area (Å²) >= 11 is 6.69. The number of thioether (sulfide) groups is 1. The zero-order valence-corrected chi connectivity index (χ0v) is 8.04. The highest BCUT2D eigenvalue weighted by atomic mass is 35.5. The van der Waals surface area contributed by atoms with Gasteiger partial charge >= 0.3 is 0 Å². The Bertz CT molecular complexity index is 298. The summed E-state index contributed by atoms with van der Waals surface area (Å²) in [6.07, 6.45) is 0.853. The summed E-state index contributed by atoms with van der Waals surface area (Å²) in [7, 11) is 0. The zero-order chi connectivity index (χ0) is 9.68. The molecular formula is C7H6ClF2NOS. The first kappa shape index (κ1) is 10.5. The first-order valence-electron chi connectivity index (χ1n) is 3.44. The first-order valence-corrected chi connectivity index (χ1v) is 4.80. The summed E-state index contributed by atoms with van der Waals surface area (Å²) in [4.78, 5) is 3.79. The van der Waals surface area contributed by atoms with Crippen LogP contribution in [-0.4, -0.2) is 10.7 Å². The van der Waals surface area contributed by atoms with Crippen molar-refractivity contribution >= 4 is 23.4 Å². The average Bonchev–Trinajstić information content (AvgIpc) is 2.45. The molecule has 0 N–H and O–H groups in total. The Hall–Kier alpha value is -0.550. The highest BCUT2D eigenvalue weighted by Gasteiger charge is 2.01. The predicted octanol–water partition coefficient (Wildman–Crippen LogP) is 3.59. The van der Waals surface area contributed by atoms with Crippen molar-refractivity contribution in [2.24, 2.45) is 0 Å². The molecule has 0 fully saturated rings. The molecule has 0 unspecified atom stereocenters. The van der Waals surface area contributed by atoms with E-state index in [9.17, 15) is 8.78 Å². The fraction of sp³-hybridized carbons (Fsp3) is 0.286. The van der Waals surface area contributed by atoms with E-state index in [1.165, 1.54) is 18.0 Å². The highest BCUT2D eigenvalue weighted by Crippen LogP contribution is 2.21. The minimum atomic E-state index is -1.66. The van der Waals surface area contributed by atoms with Gasteiger partial charge in [0.15, 0.2) is 0 Å². The van der Waals surface area contributed by atoms with Crippen LogP contribution in [0.5, 0.6) is 0 Å². The van der Waals surface area contributed by atoms with Gasteiger partial charge in [-0.25, -0.2) is 4.98 Å². The van der Waals surface area contributed by atoms with Gasteiger partial charge in [0.2, 0.25) is 5.22 Å². The fourth-order valence-electron chi connectivity index (χ4n) is 0.621. The molecule has 2 nitrogen and oxygen atoms in total. The number of oxazole rings is 1. The van der Waals surface area contributed by atoms with E-state index in [4.69, 9.17) is 16.0 Å². The standard InChI is InChI=1S/C7H6ClF2NOS/c8-5-4-11-7(12-5)13-3-1-2-6(9)10/h2,4H,1,3H2. The fourth-order valence-corrected chi connectivity index (χ4v) is 1.47. The molecule has 0 atom stereocenters. The van der Waals surface area contributed by atoms with Gasteiger partial charge in [-0.05, 0) is 24.1 Å². The lowest BCUT2D eigenvalue weighted by Crippen LogP contribution is -1.76. The third kappa shape index (κ3) is 4.28. The second-order valence-corrected chi connectivity index (χ2v) is 3.48. The molecule has 0 aromatic carbocycles. The molecule has 0 spiro atoms. The maximum Gasteiger partial charge on any atom is 0.266 e. The number of halogens is 3. The van der Waals surface area contributed by atoms with E-state index in [2.05, 4.69) is 4.98 Å². The van der Waals surface area contributed by atoms with Crippen LogP contribution in [0, 0.1) is 0 Å². The Morgan fingerprint density at radius 1 is 1.69 bits per heavy atom. The average molecular weight is 226 g/mol. The van der Waals surface area contributed by atoms with Gasteiger partial charge in [-0.15, -0.1) is 0 Å². The van der Waals surface area contributed by atoms with E-state index in [0.29, 0.717) is 11.0 Å². The van der Waals surface area contributed by atoms with Gasteiger partial charge in [-0.2, -0.15) is 8.78 Å². The number of aromatic nitrogens is 1. The molecule has 1 aromatic rings. The molecule has 0 aliphatic carbocycles. The Labute approximate surface area is 83.0 Å². The topological polar surface area (TPSA) is 26.0 Å². The van der Waals surface area contributed by atoms with Gasteiger partial charge in [-0.1, -0.05) is 11.8 Å². The van der Waals surface area contributed by atoms with Crippen molar-refractivity contribution in [1.29, 1.82) is 0 Å². The summed E-state index contributed by atoms with van der Waals surface area (Å²) < 4.78 is 28.0. The lowest BCUT2D eigenvalue weighted by molar-refractivity contribution is 0.418. The van der Waals surface area contributed by atoms with E-state index in [-0.39, 0.29) is 11.6 Å². The molecule has 0 aliphatic heterocycles. The van der Waals surface area contributed by atoms with E-state index < -0.39 is 6.08 Å². The summed E-state index contributed by atoms with van der Waals surface area (Å²) in [5.41, 5.74) is 0. The summed E-state index contributed by atoms with van der Waals surface area (Å²) in [6, 6.07) is 0. The van der Waals surface area contributed by atoms with Gasteiger partial charge in [0.05, 0.1) is 6.20 Å². The van der Waals surface area contributed by atoms with Gasteiger partial charge in [0.25, 0.3) is 11.3 Å². The minimum absolute atomic E-state index is 0.203. The zero-order valence-electron chi connectivity index (χ0n) is 6.47. The number of allylic oxidation sites excluding steroid dienone is 1. The molecule has 0 saturated carbocycles. The van der Waals surface area contributed by atoms with Crippen LogP contribution in [-0.2, 0) is 0 Å². The molecule has 72 valence electrons. The second-order valence-electron chi connectivity index (χ2n) is 2.06. The summed E-state index contributed by atoms with van der Waals surface area (Å²) in [5, 5.41) is 0.604. The lowest BCUT2D eigenvalue weighted by atomic mass is 10.5. The third-order valence-corrected chi connectivity index (χ3v) is 2.15. The summed E-state index contributed by atoms with van der Waals surface area (Å²) in [5.74, 6) is 0.494. The van der Waals surface area contributed by atoms with Crippen molar-refractivity contribution in [2.75, 3.05) is 5.75 Å². The van der Waals surface area contributed by atoms with Crippen molar-refractivity contribution in [3.05, 3.63) is 23.6 Å². The van der Waals surface area contributed by atoms with Crippen molar-refractivity contribution in [1.82, 2.24) is 4.98 Å². The molecule has 1 heterocycles. The third-order valence-electron chi connectivity index (χ3n) is 1.10. The number of rotatable bonds is 4. The Morgan fingerprint density at radius 3 is 3.00 bits per heavy atom. The number of hydrogen-bond donors (Lipinski definition) is 0. The van der Waals surface area contributed by atoms with E-state index in [0.717, 1.165) is 6.08 Å². The minimum Gasteiger partial charge on any atom is -0.420 e. The molecule has 0 amide bonds. The van der Waals surface area contributed by atoms with E-state index in [1.807, 2.05) is 0 Å². The SMILES string of the molecule is FC(F)=CCCSc1ncc(Cl)o1.